The number of piperidine rings is 1. The first-order chi connectivity index (χ1) is 16.5. The van der Waals surface area contributed by atoms with Crippen molar-refractivity contribution in [3.63, 3.8) is 0 Å². The third-order valence-electron chi connectivity index (χ3n) is 6.59. The first kappa shape index (κ1) is 22.0. The molecule has 2 amide bonds. The Morgan fingerprint density at radius 1 is 0.941 bits per heavy atom. The lowest BCUT2D eigenvalue weighted by atomic mass is 9.87. The van der Waals surface area contributed by atoms with Crippen LogP contribution in [0.4, 0.5) is 5.69 Å². The molecule has 0 aliphatic carbocycles. The zero-order valence-corrected chi connectivity index (χ0v) is 19.3. The highest BCUT2D eigenvalue weighted by Gasteiger charge is 2.37. The molecule has 172 valence electrons. The number of amides is 2. The van der Waals surface area contributed by atoms with Crippen LogP contribution in [0.2, 0.25) is 0 Å². The summed E-state index contributed by atoms with van der Waals surface area (Å²) in [6.45, 7) is 2.82. The second-order valence-electron chi connectivity index (χ2n) is 9.05. The number of carbonyl (C=O) groups is 2. The van der Waals surface area contributed by atoms with E-state index in [0.29, 0.717) is 19.5 Å². The van der Waals surface area contributed by atoms with Gasteiger partial charge in [0.15, 0.2) is 0 Å². The average molecular weight is 453 g/mol. The lowest BCUT2D eigenvalue weighted by Crippen LogP contribution is -2.49. The van der Waals surface area contributed by atoms with Crippen molar-refractivity contribution in [2.75, 3.05) is 18.4 Å². The van der Waals surface area contributed by atoms with E-state index in [9.17, 15) is 9.59 Å². The summed E-state index contributed by atoms with van der Waals surface area (Å²) >= 11 is 0. The van der Waals surface area contributed by atoms with E-state index in [-0.39, 0.29) is 17.4 Å². The second kappa shape index (κ2) is 9.18. The number of hydrogen-bond donors (Lipinski definition) is 1. The summed E-state index contributed by atoms with van der Waals surface area (Å²) in [4.78, 5) is 26.0. The average Bonchev–Trinajstić information content (AvgIpc) is 2.85. The minimum absolute atomic E-state index is 0.107. The maximum atomic E-state index is 12.9. The molecule has 0 aromatic heterocycles. The molecule has 0 unspecified atom stereocenters. The van der Waals surface area contributed by atoms with Crippen molar-refractivity contribution in [1.29, 1.82) is 0 Å². The summed E-state index contributed by atoms with van der Waals surface area (Å²) < 4.78 is 6.48. The largest absolute Gasteiger partial charge is 0.482 e. The molecule has 2 heterocycles. The van der Waals surface area contributed by atoms with Crippen molar-refractivity contribution in [2.24, 2.45) is 0 Å². The van der Waals surface area contributed by atoms with E-state index in [0.717, 1.165) is 35.4 Å². The summed E-state index contributed by atoms with van der Waals surface area (Å²) in [6.07, 6.45) is 6.24. The molecule has 0 saturated carbocycles. The van der Waals surface area contributed by atoms with E-state index in [4.69, 9.17) is 4.74 Å². The van der Waals surface area contributed by atoms with E-state index in [1.54, 1.807) is 0 Å². The third-order valence-corrected chi connectivity index (χ3v) is 6.59. The van der Waals surface area contributed by atoms with Crippen molar-refractivity contribution in [3.8, 4) is 16.9 Å². The molecule has 1 fully saturated rings. The normalized spacial score (nSPS) is 16.0. The molecule has 3 aromatic carbocycles. The maximum absolute atomic E-state index is 12.9. The zero-order valence-electron chi connectivity index (χ0n) is 19.3. The van der Waals surface area contributed by atoms with E-state index >= 15 is 0 Å². The van der Waals surface area contributed by atoms with Crippen LogP contribution in [0.1, 0.15) is 30.9 Å². The van der Waals surface area contributed by atoms with Crippen LogP contribution in [-0.4, -0.2) is 35.4 Å². The van der Waals surface area contributed by atoms with Gasteiger partial charge in [-0.15, -0.1) is 0 Å². The molecule has 3 aromatic rings. The monoisotopic (exact) mass is 452 g/mol. The van der Waals surface area contributed by atoms with Gasteiger partial charge in [-0.2, -0.15) is 0 Å². The Bertz CT molecular complexity index is 1220. The highest BCUT2D eigenvalue weighted by Crippen LogP contribution is 2.38. The predicted octanol–water partition coefficient (Wildman–Crippen LogP) is 5.32. The van der Waals surface area contributed by atoms with Gasteiger partial charge in [-0.25, -0.2) is 0 Å². The molecule has 5 nitrogen and oxygen atoms in total. The lowest BCUT2D eigenvalue weighted by Gasteiger charge is -2.42. The number of nitrogens with zero attached hydrogens (tertiary/aromatic N) is 1. The van der Waals surface area contributed by atoms with E-state index in [2.05, 4.69) is 47.8 Å². The SMILES string of the molecule is CC(=O)Nc1ccc(CC(=O)N2CCC3(C=Cc4cc(-c5ccccc5)ccc4O3)CC2)cc1. The van der Waals surface area contributed by atoms with Gasteiger partial charge >= 0.3 is 0 Å². The molecule has 0 atom stereocenters. The number of nitrogens with one attached hydrogen (secondary N) is 1. The predicted molar refractivity (Wildman–Crippen MR) is 135 cm³/mol. The van der Waals surface area contributed by atoms with Gasteiger partial charge in [-0.1, -0.05) is 54.6 Å². The third kappa shape index (κ3) is 4.74. The van der Waals surface area contributed by atoms with Crippen LogP contribution in [0.25, 0.3) is 17.2 Å². The van der Waals surface area contributed by atoms with Crippen LogP contribution in [0.15, 0.2) is 78.9 Å². The number of rotatable bonds is 4. The van der Waals surface area contributed by atoms with Crippen LogP contribution in [-0.2, 0) is 16.0 Å². The van der Waals surface area contributed by atoms with Gasteiger partial charge < -0.3 is 15.0 Å². The smallest absolute Gasteiger partial charge is 0.226 e. The summed E-state index contributed by atoms with van der Waals surface area (Å²) in [5.41, 5.74) is 4.79. The van der Waals surface area contributed by atoms with Gasteiger partial charge in [0.05, 0.1) is 6.42 Å². The highest BCUT2D eigenvalue weighted by atomic mass is 16.5. The molecule has 0 radical (unpaired) electrons. The minimum atomic E-state index is -0.349. The Kier molecular flexibility index (Phi) is 5.93. The van der Waals surface area contributed by atoms with Crippen LogP contribution < -0.4 is 10.1 Å². The van der Waals surface area contributed by atoms with Gasteiger partial charge in [-0.05, 0) is 47.0 Å². The van der Waals surface area contributed by atoms with Gasteiger partial charge in [0.1, 0.15) is 11.4 Å². The van der Waals surface area contributed by atoms with Crippen molar-refractivity contribution >= 4 is 23.6 Å². The summed E-state index contributed by atoms with van der Waals surface area (Å²) in [5, 5.41) is 2.75. The van der Waals surface area contributed by atoms with Gasteiger partial charge in [0.25, 0.3) is 0 Å². The van der Waals surface area contributed by atoms with Crippen LogP contribution in [0, 0.1) is 0 Å². The fourth-order valence-electron chi connectivity index (χ4n) is 4.68. The van der Waals surface area contributed by atoms with Crippen LogP contribution in [0.3, 0.4) is 0 Å². The maximum Gasteiger partial charge on any atom is 0.226 e. The van der Waals surface area contributed by atoms with Crippen LogP contribution in [0.5, 0.6) is 5.75 Å². The van der Waals surface area contributed by atoms with Crippen molar-refractivity contribution in [1.82, 2.24) is 4.90 Å². The lowest BCUT2D eigenvalue weighted by molar-refractivity contribution is -0.133. The molecule has 34 heavy (non-hydrogen) atoms. The van der Waals surface area contributed by atoms with Crippen molar-refractivity contribution in [2.45, 2.75) is 31.8 Å². The first-order valence-corrected chi connectivity index (χ1v) is 11.7. The molecule has 5 heteroatoms. The number of fused-ring (bicyclic) bond motifs is 1. The van der Waals surface area contributed by atoms with E-state index in [1.165, 1.54) is 18.1 Å². The summed E-state index contributed by atoms with van der Waals surface area (Å²) in [7, 11) is 0. The molecular weight excluding hydrogens is 424 g/mol. The standard InChI is InChI=1S/C29H28N2O3/c1-21(32)30-26-10-7-22(8-11-26)19-28(33)31-17-15-29(16-18-31)14-13-25-20-24(9-12-27(25)34-29)23-5-3-2-4-6-23/h2-14,20H,15-19H2,1H3,(H,30,32). The molecule has 5 rings (SSSR count). The molecule has 0 bridgehead atoms. The molecule has 2 aliphatic rings. The molecular formula is C29H28N2O3. The number of hydrogen-bond acceptors (Lipinski definition) is 3. The molecule has 1 saturated heterocycles. The second-order valence-corrected chi connectivity index (χ2v) is 9.05. The number of benzene rings is 3. The Morgan fingerprint density at radius 3 is 2.38 bits per heavy atom. The van der Waals surface area contributed by atoms with Crippen molar-refractivity contribution in [3.05, 3.63) is 90.0 Å². The molecule has 1 spiro atoms. The number of ether oxygens (including phenoxy) is 1. The first-order valence-electron chi connectivity index (χ1n) is 11.7. The quantitative estimate of drug-likeness (QED) is 0.583. The Balaban J connectivity index is 1.20. The van der Waals surface area contributed by atoms with Gasteiger partial charge in [0.2, 0.25) is 11.8 Å². The molecule has 1 N–H and O–H groups in total. The van der Waals surface area contributed by atoms with Gasteiger partial charge in [-0.3, -0.25) is 9.59 Å². The number of likely N-dealkylation sites (tertiary alicyclic amines) is 1. The Hall–Kier alpha value is -3.86. The van der Waals surface area contributed by atoms with Gasteiger partial charge in [0, 0.05) is 44.1 Å². The molecule has 2 aliphatic heterocycles. The van der Waals surface area contributed by atoms with E-state index < -0.39 is 0 Å². The summed E-state index contributed by atoms with van der Waals surface area (Å²) in [6, 6.07) is 24.1. The van der Waals surface area contributed by atoms with Crippen molar-refractivity contribution < 1.29 is 14.3 Å². The zero-order chi connectivity index (χ0) is 23.5. The summed E-state index contributed by atoms with van der Waals surface area (Å²) in [5.74, 6) is 0.917. The highest BCUT2D eigenvalue weighted by molar-refractivity contribution is 5.88. The number of anilines is 1. The van der Waals surface area contributed by atoms with E-state index in [1.807, 2.05) is 47.4 Å². The topological polar surface area (TPSA) is 58.6 Å². The fraction of sp³-hybridized carbons (Fsp3) is 0.241. The minimum Gasteiger partial charge on any atom is -0.482 e. The Labute approximate surface area is 200 Å². The Morgan fingerprint density at radius 2 is 1.68 bits per heavy atom. The number of carbonyl (C=O) groups excluding carboxylic acids is 2. The van der Waals surface area contributed by atoms with Crippen LogP contribution >= 0.6 is 0 Å². The fourth-order valence-corrected chi connectivity index (χ4v) is 4.68.